The van der Waals surface area contributed by atoms with Gasteiger partial charge >= 0.3 is 0 Å². The summed E-state index contributed by atoms with van der Waals surface area (Å²) in [7, 11) is 0. The first kappa shape index (κ1) is 9.58. The molecule has 0 aliphatic carbocycles. The zero-order chi connectivity index (χ0) is 10.8. The fraction of sp³-hybridized carbons (Fsp3) is 0.0909. The molecule has 4 heteroatoms. The molecule has 15 heavy (non-hydrogen) atoms. The lowest BCUT2D eigenvalue weighted by Gasteiger charge is -2.03. The van der Waals surface area contributed by atoms with Crippen LogP contribution < -0.4 is 5.32 Å². The number of nitrogens with zero attached hydrogens (tertiary/aromatic N) is 1. The Bertz CT molecular complexity index is 525. The average molecular weight is 204 g/mol. The molecule has 0 saturated heterocycles. The smallest absolute Gasteiger partial charge is 0.221 e. The maximum absolute atomic E-state index is 13.2. The minimum absolute atomic E-state index is 0.174. The molecule has 0 unspecified atom stereocenters. The predicted molar refractivity (Wildman–Crippen MR) is 56.0 cm³/mol. The molecule has 0 aliphatic rings. The number of hydrogen-bond donors (Lipinski definition) is 1. The number of anilines is 1. The number of fused-ring (bicyclic) bond motifs is 1. The molecule has 1 aromatic carbocycles. The molecule has 0 fully saturated rings. The Kier molecular flexibility index (Phi) is 2.33. The topological polar surface area (TPSA) is 42.0 Å². The Morgan fingerprint density at radius 3 is 3.00 bits per heavy atom. The number of carbonyl (C=O) groups is 1. The lowest BCUT2D eigenvalue weighted by atomic mass is 10.2. The maximum Gasteiger partial charge on any atom is 0.221 e. The van der Waals surface area contributed by atoms with Crippen molar-refractivity contribution in [3.05, 3.63) is 36.3 Å². The highest BCUT2D eigenvalue weighted by molar-refractivity contribution is 5.91. The van der Waals surface area contributed by atoms with Crippen molar-refractivity contribution >= 4 is 22.5 Å². The number of nitrogens with one attached hydrogen (secondary N) is 1. The summed E-state index contributed by atoms with van der Waals surface area (Å²) in [6.45, 7) is 1.41. The van der Waals surface area contributed by atoms with Gasteiger partial charge in [0, 0.05) is 12.3 Å². The Balaban J connectivity index is 2.52. The number of amides is 1. The second-order valence-electron chi connectivity index (χ2n) is 3.22. The first-order valence-electron chi connectivity index (χ1n) is 4.48. The highest BCUT2D eigenvalue weighted by Gasteiger charge is 2.02. The fourth-order valence-electron chi connectivity index (χ4n) is 1.40. The number of carbonyl (C=O) groups excluding carboxylic acids is 1. The number of hydrogen-bond acceptors (Lipinski definition) is 2. The van der Waals surface area contributed by atoms with Crippen molar-refractivity contribution in [1.29, 1.82) is 0 Å². The Morgan fingerprint density at radius 2 is 2.27 bits per heavy atom. The molecule has 0 aliphatic heterocycles. The number of para-hydroxylation sites is 1. The van der Waals surface area contributed by atoms with Gasteiger partial charge in [0.2, 0.25) is 5.91 Å². The quantitative estimate of drug-likeness (QED) is 0.774. The molecule has 76 valence electrons. The van der Waals surface area contributed by atoms with Gasteiger partial charge in [0.1, 0.15) is 11.3 Å². The second kappa shape index (κ2) is 3.65. The van der Waals surface area contributed by atoms with E-state index in [2.05, 4.69) is 10.3 Å². The number of rotatable bonds is 1. The molecule has 3 nitrogen and oxygen atoms in total. The lowest BCUT2D eigenvalue weighted by molar-refractivity contribution is -0.114. The third kappa shape index (κ3) is 1.93. The Labute approximate surface area is 85.9 Å². The first-order chi connectivity index (χ1) is 7.16. The summed E-state index contributed by atoms with van der Waals surface area (Å²) in [5, 5.41) is 3.26. The van der Waals surface area contributed by atoms with Crippen molar-refractivity contribution in [3.63, 3.8) is 0 Å². The van der Waals surface area contributed by atoms with Crippen molar-refractivity contribution in [1.82, 2.24) is 4.98 Å². The summed E-state index contributed by atoms with van der Waals surface area (Å²) < 4.78 is 13.2. The van der Waals surface area contributed by atoms with Gasteiger partial charge in [0.05, 0.1) is 11.9 Å². The summed E-state index contributed by atoms with van der Waals surface area (Å²) in [4.78, 5) is 14.7. The average Bonchev–Trinajstić information content (AvgIpc) is 2.17. The van der Waals surface area contributed by atoms with E-state index in [1.165, 1.54) is 19.2 Å². The monoisotopic (exact) mass is 204 g/mol. The summed E-state index contributed by atoms with van der Waals surface area (Å²) in [6.07, 6.45) is 1.44. The molecular formula is C11H9FN2O. The van der Waals surface area contributed by atoms with Crippen LogP contribution in [0.25, 0.3) is 10.9 Å². The standard InChI is InChI=1S/C11H9FN2O/c1-7(15)14-9-5-8-3-2-4-10(12)11(8)13-6-9/h2-6H,1H3,(H,14,15). The first-order valence-corrected chi connectivity index (χ1v) is 4.48. The van der Waals surface area contributed by atoms with Gasteiger partial charge in [-0.3, -0.25) is 9.78 Å². The molecule has 0 radical (unpaired) electrons. The van der Waals surface area contributed by atoms with Crippen molar-refractivity contribution in [2.45, 2.75) is 6.92 Å². The van der Waals surface area contributed by atoms with Gasteiger partial charge in [-0.1, -0.05) is 12.1 Å². The molecule has 1 N–H and O–H groups in total. The van der Waals surface area contributed by atoms with Crippen LogP contribution in [-0.2, 0) is 4.79 Å². The SMILES string of the molecule is CC(=O)Nc1cnc2c(F)cccc2c1. The van der Waals surface area contributed by atoms with Gasteiger partial charge in [-0.05, 0) is 12.1 Å². The maximum atomic E-state index is 13.2. The number of halogens is 1. The van der Waals surface area contributed by atoms with Crippen molar-refractivity contribution in [2.75, 3.05) is 5.32 Å². The Hall–Kier alpha value is -1.97. The molecule has 2 aromatic rings. The zero-order valence-corrected chi connectivity index (χ0v) is 8.12. The van der Waals surface area contributed by atoms with Crippen LogP contribution in [0.2, 0.25) is 0 Å². The van der Waals surface area contributed by atoms with Gasteiger partial charge in [-0.2, -0.15) is 0 Å². The third-order valence-corrected chi connectivity index (χ3v) is 1.98. The van der Waals surface area contributed by atoms with Gasteiger partial charge in [-0.15, -0.1) is 0 Å². The van der Waals surface area contributed by atoms with Crippen LogP contribution in [0.15, 0.2) is 30.5 Å². The number of benzene rings is 1. The number of aromatic nitrogens is 1. The van der Waals surface area contributed by atoms with Crippen molar-refractivity contribution < 1.29 is 9.18 Å². The van der Waals surface area contributed by atoms with E-state index in [-0.39, 0.29) is 11.7 Å². The van der Waals surface area contributed by atoms with E-state index >= 15 is 0 Å². The minimum atomic E-state index is -0.359. The van der Waals surface area contributed by atoms with E-state index in [9.17, 15) is 9.18 Å². The normalized spacial score (nSPS) is 10.3. The molecule has 1 amide bonds. The van der Waals surface area contributed by atoms with Crippen molar-refractivity contribution in [2.24, 2.45) is 0 Å². The van der Waals surface area contributed by atoms with E-state index in [4.69, 9.17) is 0 Å². The van der Waals surface area contributed by atoms with Crippen LogP contribution in [0.3, 0.4) is 0 Å². The highest BCUT2D eigenvalue weighted by atomic mass is 19.1. The highest BCUT2D eigenvalue weighted by Crippen LogP contribution is 2.18. The van der Waals surface area contributed by atoms with Gasteiger partial charge in [0.25, 0.3) is 0 Å². The van der Waals surface area contributed by atoms with Crippen LogP contribution in [0.5, 0.6) is 0 Å². The molecular weight excluding hydrogens is 195 g/mol. The lowest BCUT2D eigenvalue weighted by Crippen LogP contribution is -2.05. The zero-order valence-electron chi connectivity index (χ0n) is 8.12. The third-order valence-electron chi connectivity index (χ3n) is 1.98. The molecule has 2 rings (SSSR count). The van der Waals surface area contributed by atoms with E-state index < -0.39 is 0 Å². The molecule has 0 atom stereocenters. The molecule has 0 saturated carbocycles. The van der Waals surface area contributed by atoms with Crippen LogP contribution in [0.1, 0.15) is 6.92 Å². The van der Waals surface area contributed by atoms with Gasteiger partial charge in [0.15, 0.2) is 0 Å². The second-order valence-corrected chi connectivity index (χ2v) is 3.22. The van der Waals surface area contributed by atoms with Crippen LogP contribution in [0.4, 0.5) is 10.1 Å². The van der Waals surface area contributed by atoms with Crippen LogP contribution in [0, 0.1) is 5.82 Å². The minimum Gasteiger partial charge on any atom is -0.325 e. The van der Waals surface area contributed by atoms with E-state index in [1.807, 2.05) is 0 Å². The number of pyridine rings is 1. The predicted octanol–water partition coefficient (Wildman–Crippen LogP) is 2.33. The Morgan fingerprint density at radius 1 is 1.47 bits per heavy atom. The summed E-state index contributed by atoms with van der Waals surface area (Å²) in [6, 6.07) is 6.40. The fourth-order valence-corrected chi connectivity index (χ4v) is 1.40. The van der Waals surface area contributed by atoms with E-state index in [0.29, 0.717) is 16.6 Å². The van der Waals surface area contributed by atoms with E-state index in [0.717, 1.165) is 0 Å². The van der Waals surface area contributed by atoms with Crippen molar-refractivity contribution in [3.8, 4) is 0 Å². The van der Waals surface area contributed by atoms with Gasteiger partial charge in [-0.25, -0.2) is 4.39 Å². The molecule has 0 bridgehead atoms. The summed E-state index contributed by atoms with van der Waals surface area (Å²) >= 11 is 0. The molecule has 1 aromatic heterocycles. The molecule has 1 heterocycles. The summed E-state index contributed by atoms with van der Waals surface area (Å²) in [5.74, 6) is -0.533. The van der Waals surface area contributed by atoms with Crippen LogP contribution >= 0.6 is 0 Å². The van der Waals surface area contributed by atoms with Crippen LogP contribution in [-0.4, -0.2) is 10.9 Å². The largest absolute Gasteiger partial charge is 0.325 e. The van der Waals surface area contributed by atoms with Gasteiger partial charge < -0.3 is 5.32 Å². The molecule has 0 spiro atoms. The summed E-state index contributed by atoms with van der Waals surface area (Å²) in [5.41, 5.74) is 0.882. The van der Waals surface area contributed by atoms with E-state index in [1.54, 1.807) is 18.2 Å².